The quantitative estimate of drug-likeness (QED) is 0.789. The minimum atomic E-state index is 0.0162. The fraction of sp³-hybridized carbons (Fsp3) is 0.500. The molecule has 1 aromatic rings. The van der Waals surface area contributed by atoms with Crippen LogP contribution in [-0.4, -0.2) is 12.5 Å². The van der Waals surface area contributed by atoms with Crippen LogP contribution in [0.4, 0.5) is 0 Å². The summed E-state index contributed by atoms with van der Waals surface area (Å²) in [4.78, 5) is 12.4. The van der Waals surface area contributed by atoms with Crippen molar-refractivity contribution in [3.05, 3.63) is 19.2 Å². The molecule has 1 rings (SSSR count). The normalized spacial score (nSPS) is 10.3. The second-order valence-electron chi connectivity index (χ2n) is 3.20. The van der Waals surface area contributed by atoms with Crippen LogP contribution in [0.1, 0.15) is 35.9 Å². The molecule has 0 saturated carbocycles. The Bertz CT molecular complexity index is 319. The van der Waals surface area contributed by atoms with E-state index in [1.54, 1.807) is 0 Å². The first-order valence-electron chi connectivity index (χ1n) is 4.88. The van der Waals surface area contributed by atoms with Crippen molar-refractivity contribution in [1.29, 1.82) is 0 Å². The average molecular weight is 355 g/mol. The van der Waals surface area contributed by atoms with Crippen molar-refractivity contribution in [2.45, 2.75) is 26.2 Å². The molecule has 1 N–H and O–H groups in total. The third-order valence-corrected chi connectivity index (χ3v) is 5.19. The largest absolute Gasteiger partial charge is 0.351 e. The molecule has 5 heteroatoms. The Balaban J connectivity index is 2.40. The van der Waals surface area contributed by atoms with E-state index in [-0.39, 0.29) is 5.91 Å². The molecule has 0 aromatic carbocycles. The number of unbranched alkanes of at least 4 members (excludes halogenated alkanes) is 2. The van der Waals surface area contributed by atoms with Crippen molar-refractivity contribution in [2.24, 2.45) is 0 Å². The van der Waals surface area contributed by atoms with E-state index in [1.807, 2.05) is 6.07 Å². The standard InChI is InChI=1S/C10H13Br2NOS/c1-2-3-4-5-13-10(14)8-6-7(11)9(12)15-8/h6H,2-5H2,1H3,(H,13,14). The summed E-state index contributed by atoms with van der Waals surface area (Å²) in [6, 6.07) is 1.84. The highest BCUT2D eigenvalue weighted by Gasteiger charge is 2.10. The SMILES string of the molecule is CCCCCNC(=O)c1cc(Br)c(Br)s1. The Morgan fingerprint density at radius 2 is 2.20 bits per heavy atom. The molecule has 0 bridgehead atoms. The van der Waals surface area contributed by atoms with Gasteiger partial charge in [-0.1, -0.05) is 19.8 Å². The number of rotatable bonds is 5. The van der Waals surface area contributed by atoms with Crippen molar-refractivity contribution < 1.29 is 4.79 Å². The van der Waals surface area contributed by atoms with Gasteiger partial charge in [0.2, 0.25) is 0 Å². The maximum Gasteiger partial charge on any atom is 0.261 e. The van der Waals surface area contributed by atoms with Crippen molar-refractivity contribution >= 4 is 49.1 Å². The highest BCUT2D eigenvalue weighted by atomic mass is 79.9. The first-order valence-corrected chi connectivity index (χ1v) is 7.28. The lowest BCUT2D eigenvalue weighted by molar-refractivity contribution is 0.0957. The van der Waals surface area contributed by atoms with Gasteiger partial charge in [-0.2, -0.15) is 0 Å². The first-order chi connectivity index (χ1) is 7.15. The maximum absolute atomic E-state index is 11.6. The lowest BCUT2D eigenvalue weighted by atomic mass is 10.2. The maximum atomic E-state index is 11.6. The zero-order valence-electron chi connectivity index (χ0n) is 8.48. The molecular weight excluding hydrogens is 342 g/mol. The smallest absolute Gasteiger partial charge is 0.261 e. The molecule has 1 heterocycles. The molecule has 0 aliphatic rings. The Labute approximate surface area is 111 Å². The van der Waals surface area contributed by atoms with E-state index >= 15 is 0 Å². The third-order valence-electron chi connectivity index (χ3n) is 1.93. The topological polar surface area (TPSA) is 29.1 Å². The Morgan fingerprint density at radius 3 is 2.73 bits per heavy atom. The predicted octanol–water partition coefficient (Wildman–Crippen LogP) is 4.19. The number of nitrogens with one attached hydrogen (secondary N) is 1. The molecule has 1 amide bonds. The summed E-state index contributed by atoms with van der Waals surface area (Å²) >= 11 is 8.17. The summed E-state index contributed by atoms with van der Waals surface area (Å²) in [5.41, 5.74) is 0. The number of hydrogen-bond acceptors (Lipinski definition) is 2. The van der Waals surface area contributed by atoms with Crippen LogP contribution in [0.15, 0.2) is 14.3 Å². The van der Waals surface area contributed by atoms with E-state index in [1.165, 1.54) is 17.8 Å². The van der Waals surface area contributed by atoms with Crippen LogP contribution < -0.4 is 5.32 Å². The van der Waals surface area contributed by atoms with Crippen LogP contribution in [0.5, 0.6) is 0 Å². The monoisotopic (exact) mass is 353 g/mol. The summed E-state index contributed by atoms with van der Waals surface area (Å²) in [5, 5.41) is 2.90. The molecule has 0 atom stereocenters. The van der Waals surface area contributed by atoms with E-state index in [0.29, 0.717) is 0 Å². The molecular formula is C10H13Br2NOS. The van der Waals surface area contributed by atoms with Gasteiger partial charge in [-0.3, -0.25) is 4.79 Å². The van der Waals surface area contributed by atoms with Gasteiger partial charge >= 0.3 is 0 Å². The minimum Gasteiger partial charge on any atom is -0.351 e. The van der Waals surface area contributed by atoms with Crippen molar-refractivity contribution in [3.8, 4) is 0 Å². The Hall–Kier alpha value is 0.130. The summed E-state index contributed by atoms with van der Waals surface area (Å²) in [6.07, 6.45) is 3.39. The van der Waals surface area contributed by atoms with Gasteiger partial charge in [0.15, 0.2) is 0 Å². The molecule has 1 aromatic heterocycles. The number of amides is 1. The molecule has 15 heavy (non-hydrogen) atoms. The number of halogens is 2. The van der Waals surface area contributed by atoms with Crippen LogP contribution in [-0.2, 0) is 0 Å². The van der Waals surface area contributed by atoms with Gasteiger partial charge in [-0.05, 0) is 44.3 Å². The number of hydrogen-bond donors (Lipinski definition) is 1. The third kappa shape index (κ3) is 4.25. The van der Waals surface area contributed by atoms with Gasteiger partial charge < -0.3 is 5.32 Å². The molecule has 84 valence electrons. The van der Waals surface area contributed by atoms with Crippen LogP contribution in [0.3, 0.4) is 0 Å². The number of carbonyl (C=O) groups is 1. The number of thiophene rings is 1. The predicted molar refractivity (Wildman–Crippen MR) is 71.6 cm³/mol. The summed E-state index contributed by atoms with van der Waals surface area (Å²) < 4.78 is 1.90. The van der Waals surface area contributed by atoms with Gasteiger partial charge in [-0.15, -0.1) is 11.3 Å². The molecule has 0 aliphatic heterocycles. The average Bonchev–Trinajstić information content (AvgIpc) is 2.54. The van der Waals surface area contributed by atoms with Gasteiger partial charge in [0.25, 0.3) is 5.91 Å². The molecule has 0 radical (unpaired) electrons. The fourth-order valence-electron chi connectivity index (χ4n) is 1.12. The van der Waals surface area contributed by atoms with E-state index in [2.05, 4.69) is 44.1 Å². The van der Waals surface area contributed by atoms with Crippen LogP contribution in [0.25, 0.3) is 0 Å². The van der Waals surface area contributed by atoms with Crippen molar-refractivity contribution in [1.82, 2.24) is 5.32 Å². The fourth-order valence-corrected chi connectivity index (χ4v) is 3.07. The lowest BCUT2D eigenvalue weighted by Gasteiger charge is -2.01. The summed E-state index contributed by atoms with van der Waals surface area (Å²) in [7, 11) is 0. The zero-order valence-corrected chi connectivity index (χ0v) is 12.5. The molecule has 0 unspecified atom stereocenters. The molecule has 0 saturated heterocycles. The molecule has 0 spiro atoms. The molecule has 2 nitrogen and oxygen atoms in total. The highest BCUT2D eigenvalue weighted by molar-refractivity contribution is 9.13. The second-order valence-corrected chi connectivity index (χ2v) is 6.42. The molecule has 0 fully saturated rings. The van der Waals surface area contributed by atoms with E-state index < -0.39 is 0 Å². The lowest BCUT2D eigenvalue weighted by Crippen LogP contribution is -2.23. The van der Waals surface area contributed by atoms with Gasteiger partial charge in [0.1, 0.15) is 0 Å². The van der Waals surface area contributed by atoms with E-state index in [4.69, 9.17) is 0 Å². The van der Waals surface area contributed by atoms with E-state index in [9.17, 15) is 4.79 Å². The summed E-state index contributed by atoms with van der Waals surface area (Å²) in [6.45, 7) is 2.91. The van der Waals surface area contributed by atoms with Crippen molar-refractivity contribution in [2.75, 3.05) is 6.54 Å². The second kappa shape index (κ2) is 6.66. The number of carbonyl (C=O) groups excluding carboxylic acids is 1. The Morgan fingerprint density at radius 1 is 1.47 bits per heavy atom. The van der Waals surface area contributed by atoms with Crippen LogP contribution in [0.2, 0.25) is 0 Å². The van der Waals surface area contributed by atoms with Crippen molar-refractivity contribution in [3.63, 3.8) is 0 Å². The summed E-state index contributed by atoms with van der Waals surface area (Å²) in [5.74, 6) is 0.0162. The first kappa shape index (κ1) is 13.2. The highest BCUT2D eigenvalue weighted by Crippen LogP contribution is 2.32. The Kier molecular flexibility index (Phi) is 5.86. The van der Waals surface area contributed by atoms with Gasteiger partial charge in [0, 0.05) is 11.0 Å². The minimum absolute atomic E-state index is 0.0162. The van der Waals surface area contributed by atoms with Gasteiger partial charge in [0.05, 0.1) is 8.66 Å². The van der Waals surface area contributed by atoms with E-state index in [0.717, 1.165) is 32.5 Å². The van der Waals surface area contributed by atoms with Crippen LogP contribution in [0, 0.1) is 0 Å². The van der Waals surface area contributed by atoms with Gasteiger partial charge in [-0.25, -0.2) is 0 Å². The zero-order chi connectivity index (χ0) is 11.3. The van der Waals surface area contributed by atoms with Crippen LogP contribution >= 0.6 is 43.2 Å². The molecule has 0 aliphatic carbocycles.